The Labute approximate surface area is 148 Å². The summed E-state index contributed by atoms with van der Waals surface area (Å²) in [4.78, 5) is 24.5. The molecule has 1 aliphatic heterocycles. The van der Waals surface area contributed by atoms with E-state index < -0.39 is 0 Å². The Morgan fingerprint density at radius 2 is 1.88 bits per heavy atom. The molecular formula is C19H27N3O3. The van der Waals surface area contributed by atoms with Crippen LogP contribution in [-0.2, 0) is 9.53 Å². The topological polar surface area (TPSA) is 79.5 Å². The monoisotopic (exact) mass is 345 g/mol. The molecule has 0 unspecified atom stereocenters. The van der Waals surface area contributed by atoms with Crippen molar-refractivity contribution >= 4 is 17.5 Å². The maximum atomic E-state index is 12.4. The zero-order chi connectivity index (χ0) is 17.5. The number of carbonyl (C=O) groups is 2. The predicted molar refractivity (Wildman–Crippen MR) is 96.6 cm³/mol. The van der Waals surface area contributed by atoms with Crippen LogP contribution in [-0.4, -0.2) is 43.7 Å². The third-order valence-electron chi connectivity index (χ3n) is 4.85. The van der Waals surface area contributed by atoms with E-state index in [0.717, 1.165) is 32.3 Å². The zero-order valence-corrected chi connectivity index (χ0v) is 14.6. The highest BCUT2D eigenvalue weighted by Gasteiger charge is 2.19. The molecule has 136 valence electrons. The van der Waals surface area contributed by atoms with Crippen molar-refractivity contribution in [1.82, 2.24) is 10.6 Å². The molecule has 2 fully saturated rings. The molecule has 0 bridgehead atoms. The van der Waals surface area contributed by atoms with E-state index in [1.165, 1.54) is 12.8 Å². The van der Waals surface area contributed by atoms with Crippen molar-refractivity contribution in [3.05, 3.63) is 29.8 Å². The minimum atomic E-state index is -0.144. The Morgan fingerprint density at radius 1 is 1.08 bits per heavy atom. The molecule has 0 radical (unpaired) electrons. The van der Waals surface area contributed by atoms with Crippen molar-refractivity contribution in [2.75, 3.05) is 25.0 Å². The van der Waals surface area contributed by atoms with Gasteiger partial charge in [0.2, 0.25) is 5.91 Å². The number of para-hydroxylation sites is 1. The summed E-state index contributed by atoms with van der Waals surface area (Å²) in [5, 5.41) is 9.06. The van der Waals surface area contributed by atoms with E-state index >= 15 is 0 Å². The third kappa shape index (κ3) is 5.19. The van der Waals surface area contributed by atoms with E-state index in [-0.39, 0.29) is 24.5 Å². The largest absolute Gasteiger partial charge is 0.376 e. The van der Waals surface area contributed by atoms with Gasteiger partial charge in [0.15, 0.2) is 0 Å². The van der Waals surface area contributed by atoms with Gasteiger partial charge in [0.1, 0.15) is 0 Å². The molecule has 6 heteroatoms. The summed E-state index contributed by atoms with van der Waals surface area (Å²) in [6, 6.07) is 7.57. The minimum absolute atomic E-state index is 0.0264. The Morgan fingerprint density at radius 3 is 2.64 bits per heavy atom. The van der Waals surface area contributed by atoms with Crippen LogP contribution in [0, 0.1) is 0 Å². The number of hydrogen-bond acceptors (Lipinski definition) is 4. The number of amides is 2. The van der Waals surface area contributed by atoms with Crippen molar-refractivity contribution in [2.45, 2.75) is 50.7 Å². The second-order valence-electron chi connectivity index (χ2n) is 6.79. The molecule has 0 spiro atoms. The fourth-order valence-electron chi connectivity index (χ4n) is 3.47. The van der Waals surface area contributed by atoms with E-state index in [0.29, 0.717) is 23.8 Å². The smallest absolute Gasteiger partial charge is 0.253 e. The Hall–Kier alpha value is -2.08. The number of benzene rings is 1. The van der Waals surface area contributed by atoms with E-state index in [9.17, 15) is 9.59 Å². The van der Waals surface area contributed by atoms with E-state index in [2.05, 4.69) is 16.0 Å². The first kappa shape index (κ1) is 17.7. The first-order valence-electron chi connectivity index (χ1n) is 9.24. The van der Waals surface area contributed by atoms with E-state index in [1.54, 1.807) is 6.07 Å². The van der Waals surface area contributed by atoms with E-state index in [4.69, 9.17) is 4.74 Å². The number of ether oxygens (including phenoxy) is 1. The summed E-state index contributed by atoms with van der Waals surface area (Å²) in [5.74, 6) is -0.170. The first-order valence-corrected chi connectivity index (χ1v) is 9.24. The molecule has 1 saturated carbocycles. The summed E-state index contributed by atoms with van der Waals surface area (Å²) in [6.45, 7) is 1.47. The molecular weight excluding hydrogens is 318 g/mol. The number of hydrogen-bond donors (Lipinski definition) is 3. The quantitative estimate of drug-likeness (QED) is 0.707. The minimum Gasteiger partial charge on any atom is -0.376 e. The molecule has 0 aromatic heterocycles. The molecule has 1 saturated heterocycles. The van der Waals surface area contributed by atoms with Gasteiger partial charge in [-0.05, 0) is 37.8 Å². The van der Waals surface area contributed by atoms with Gasteiger partial charge >= 0.3 is 0 Å². The molecule has 1 atom stereocenters. The molecule has 6 nitrogen and oxygen atoms in total. The summed E-state index contributed by atoms with van der Waals surface area (Å²) in [6.07, 6.45) is 6.65. The number of carbonyl (C=O) groups excluding carboxylic acids is 2. The number of rotatable bonds is 7. The standard InChI is InChI=1S/C19H27N3O3/c23-18(22-14-6-1-2-7-14)13-20-17-10-4-3-9-16(17)19(24)21-12-15-8-5-11-25-15/h3-4,9-10,14-15,20H,1-2,5-8,11-13H2,(H,21,24)(H,22,23)/t15-/m1/s1. The van der Waals surface area contributed by atoms with Crippen molar-refractivity contribution in [3.63, 3.8) is 0 Å². The lowest BCUT2D eigenvalue weighted by Crippen LogP contribution is -2.37. The highest BCUT2D eigenvalue weighted by Crippen LogP contribution is 2.18. The van der Waals surface area contributed by atoms with Crippen molar-refractivity contribution < 1.29 is 14.3 Å². The van der Waals surface area contributed by atoms with Gasteiger partial charge in [0.05, 0.1) is 18.2 Å². The highest BCUT2D eigenvalue weighted by molar-refractivity contribution is 6.00. The lowest BCUT2D eigenvalue weighted by Gasteiger charge is -2.15. The van der Waals surface area contributed by atoms with Crippen LogP contribution in [0.25, 0.3) is 0 Å². The summed E-state index contributed by atoms with van der Waals surface area (Å²) in [5.41, 5.74) is 1.23. The fraction of sp³-hybridized carbons (Fsp3) is 0.579. The molecule has 25 heavy (non-hydrogen) atoms. The van der Waals surface area contributed by atoms with Gasteiger partial charge in [-0.1, -0.05) is 25.0 Å². The Bertz CT molecular complexity index is 593. The van der Waals surface area contributed by atoms with E-state index in [1.807, 2.05) is 18.2 Å². The molecule has 1 heterocycles. The van der Waals surface area contributed by atoms with Gasteiger partial charge < -0.3 is 20.7 Å². The lowest BCUT2D eigenvalue weighted by molar-refractivity contribution is -0.120. The van der Waals surface area contributed by atoms with Crippen molar-refractivity contribution in [1.29, 1.82) is 0 Å². The fourth-order valence-corrected chi connectivity index (χ4v) is 3.47. The summed E-state index contributed by atoms with van der Waals surface area (Å²) in [7, 11) is 0. The highest BCUT2D eigenvalue weighted by atomic mass is 16.5. The van der Waals surface area contributed by atoms with Crippen LogP contribution in [0.5, 0.6) is 0 Å². The second-order valence-corrected chi connectivity index (χ2v) is 6.79. The van der Waals surface area contributed by atoms with Crippen LogP contribution in [0.4, 0.5) is 5.69 Å². The molecule has 3 N–H and O–H groups in total. The maximum Gasteiger partial charge on any atom is 0.253 e. The third-order valence-corrected chi connectivity index (χ3v) is 4.85. The van der Waals surface area contributed by atoms with Crippen LogP contribution >= 0.6 is 0 Å². The van der Waals surface area contributed by atoms with Crippen LogP contribution in [0.3, 0.4) is 0 Å². The number of nitrogens with one attached hydrogen (secondary N) is 3. The molecule has 1 aliphatic carbocycles. The van der Waals surface area contributed by atoms with Crippen molar-refractivity contribution in [2.24, 2.45) is 0 Å². The van der Waals surface area contributed by atoms with Crippen LogP contribution in [0.15, 0.2) is 24.3 Å². The van der Waals surface area contributed by atoms with Gasteiger partial charge in [0, 0.05) is 24.9 Å². The maximum absolute atomic E-state index is 12.4. The van der Waals surface area contributed by atoms with Crippen LogP contribution in [0.2, 0.25) is 0 Å². The zero-order valence-electron chi connectivity index (χ0n) is 14.6. The van der Waals surface area contributed by atoms with Gasteiger partial charge in [-0.2, -0.15) is 0 Å². The summed E-state index contributed by atoms with van der Waals surface area (Å²) < 4.78 is 5.53. The molecule has 2 aliphatic rings. The van der Waals surface area contributed by atoms with Crippen molar-refractivity contribution in [3.8, 4) is 0 Å². The van der Waals surface area contributed by atoms with Crippen LogP contribution in [0.1, 0.15) is 48.9 Å². The molecule has 3 rings (SSSR count). The SMILES string of the molecule is O=C(CNc1ccccc1C(=O)NC[C@H]1CCCO1)NC1CCCC1. The van der Waals surface area contributed by atoms with Gasteiger partial charge in [-0.15, -0.1) is 0 Å². The second kappa shape index (κ2) is 8.85. The van der Waals surface area contributed by atoms with Crippen LogP contribution < -0.4 is 16.0 Å². The Kier molecular flexibility index (Phi) is 6.28. The van der Waals surface area contributed by atoms with Gasteiger partial charge in [-0.25, -0.2) is 0 Å². The van der Waals surface area contributed by atoms with Gasteiger partial charge in [0.25, 0.3) is 5.91 Å². The van der Waals surface area contributed by atoms with Gasteiger partial charge in [-0.3, -0.25) is 9.59 Å². The average Bonchev–Trinajstić information content (AvgIpc) is 3.32. The first-order chi connectivity index (χ1) is 12.2. The lowest BCUT2D eigenvalue weighted by atomic mass is 10.1. The average molecular weight is 345 g/mol. The normalized spacial score (nSPS) is 20.4. The number of anilines is 1. The predicted octanol–water partition coefficient (Wildman–Crippen LogP) is 2.07. The Balaban J connectivity index is 1.50. The summed E-state index contributed by atoms with van der Waals surface area (Å²) >= 11 is 0. The molecule has 1 aromatic rings. The molecule has 2 amide bonds. The molecule has 1 aromatic carbocycles.